The molecule has 0 saturated heterocycles. The number of rotatable bonds is 10. The summed E-state index contributed by atoms with van der Waals surface area (Å²) in [5.74, 6) is 2.32. The van der Waals surface area contributed by atoms with Crippen molar-refractivity contribution >= 4 is 33.9 Å². The highest BCUT2D eigenvalue weighted by atomic mass is 32.1. The van der Waals surface area contributed by atoms with E-state index in [1.165, 1.54) is 20.9 Å². The fourth-order valence-corrected chi connectivity index (χ4v) is 5.40. The van der Waals surface area contributed by atoms with Crippen LogP contribution in [0, 0.1) is 6.92 Å². The van der Waals surface area contributed by atoms with E-state index in [0.29, 0.717) is 5.82 Å². The van der Waals surface area contributed by atoms with Gasteiger partial charge >= 0.3 is 0 Å². The summed E-state index contributed by atoms with van der Waals surface area (Å²) in [5, 5.41) is 12.2. The van der Waals surface area contributed by atoms with Crippen molar-refractivity contribution < 1.29 is 0 Å². The van der Waals surface area contributed by atoms with Crippen molar-refractivity contribution in [2.24, 2.45) is 0 Å². The SMILES string of the molecule is Cc1nc(NC(C)c2ccc(-c3ccccc3CN(C)C)s2)c2cc(NCCn3cccn3)ncc2n1. The molecule has 1 aromatic carbocycles. The van der Waals surface area contributed by atoms with Crippen LogP contribution >= 0.6 is 11.3 Å². The van der Waals surface area contributed by atoms with Crippen LogP contribution in [-0.4, -0.2) is 50.3 Å². The van der Waals surface area contributed by atoms with Crippen LogP contribution in [-0.2, 0) is 13.1 Å². The Morgan fingerprint density at radius 1 is 1.08 bits per heavy atom. The van der Waals surface area contributed by atoms with E-state index in [0.717, 1.165) is 42.2 Å². The van der Waals surface area contributed by atoms with E-state index in [1.54, 1.807) is 12.4 Å². The molecule has 0 amide bonds. The summed E-state index contributed by atoms with van der Waals surface area (Å²) < 4.78 is 1.89. The number of anilines is 2. The molecule has 1 atom stereocenters. The third-order valence-corrected chi connectivity index (χ3v) is 7.38. The number of hydrogen-bond donors (Lipinski definition) is 2. The molecule has 9 heteroatoms. The molecule has 4 heterocycles. The van der Waals surface area contributed by atoms with Crippen molar-refractivity contribution in [3.05, 3.63) is 83.4 Å². The molecule has 190 valence electrons. The number of fused-ring (bicyclic) bond motifs is 1. The van der Waals surface area contributed by atoms with Crippen molar-refractivity contribution in [3.63, 3.8) is 0 Å². The summed E-state index contributed by atoms with van der Waals surface area (Å²) in [6.07, 6.45) is 5.54. The quantitative estimate of drug-likeness (QED) is 0.252. The first kappa shape index (κ1) is 24.9. The minimum Gasteiger partial charge on any atom is -0.368 e. The second-order valence-electron chi connectivity index (χ2n) is 9.37. The minimum atomic E-state index is 0.0849. The van der Waals surface area contributed by atoms with Crippen LogP contribution in [0.2, 0.25) is 0 Å². The minimum absolute atomic E-state index is 0.0849. The Balaban J connectivity index is 1.35. The van der Waals surface area contributed by atoms with E-state index in [9.17, 15) is 0 Å². The maximum Gasteiger partial charge on any atom is 0.138 e. The zero-order chi connectivity index (χ0) is 25.8. The van der Waals surface area contributed by atoms with Gasteiger partial charge in [0.15, 0.2) is 0 Å². The Labute approximate surface area is 221 Å². The second-order valence-corrected chi connectivity index (χ2v) is 10.5. The first-order chi connectivity index (χ1) is 18.0. The van der Waals surface area contributed by atoms with Crippen LogP contribution in [0.25, 0.3) is 21.3 Å². The second kappa shape index (κ2) is 11.1. The summed E-state index contributed by atoms with van der Waals surface area (Å²) in [4.78, 5) is 18.6. The molecular formula is C28H32N8S. The van der Waals surface area contributed by atoms with Crippen LogP contribution in [0.3, 0.4) is 0 Å². The summed E-state index contributed by atoms with van der Waals surface area (Å²) in [6, 6.07) is 17.1. The molecule has 0 aliphatic rings. The molecule has 37 heavy (non-hydrogen) atoms. The number of aryl methyl sites for hydroxylation is 1. The molecule has 4 aromatic heterocycles. The summed E-state index contributed by atoms with van der Waals surface area (Å²) in [6.45, 7) is 6.48. The van der Waals surface area contributed by atoms with Gasteiger partial charge in [-0.15, -0.1) is 11.3 Å². The van der Waals surface area contributed by atoms with Crippen LogP contribution in [0.1, 0.15) is 29.2 Å². The average molecular weight is 513 g/mol. The maximum absolute atomic E-state index is 4.75. The van der Waals surface area contributed by atoms with Crippen LogP contribution < -0.4 is 10.6 Å². The molecule has 8 nitrogen and oxygen atoms in total. The van der Waals surface area contributed by atoms with Crippen LogP contribution in [0.4, 0.5) is 11.6 Å². The molecule has 0 fully saturated rings. The molecule has 0 aliphatic carbocycles. The Bertz CT molecular complexity index is 1480. The highest BCUT2D eigenvalue weighted by molar-refractivity contribution is 7.15. The van der Waals surface area contributed by atoms with Gasteiger partial charge in [-0.25, -0.2) is 15.0 Å². The zero-order valence-corrected chi connectivity index (χ0v) is 22.5. The number of nitrogens with zero attached hydrogens (tertiary/aromatic N) is 6. The van der Waals surface area contributed by atoms with E-state index in [-0.39, 0.29) is 6.04 Å². The number of nitrogens with one attached hydrogen (secondary N) is 2. The van der Waals surface area contributed by atoms with E-state index in [4.69, 9.17) is 4.98 Å². The predicted octanol–water partition coefficient (Wildman–Crippen LogP) is 5.61. The van der Waals surface area contributed by atoms with Crippen molar-refractivity contribution in [3.8, 4) is 10.4 Å². The lowest BCUT2D eigenvalue weighted by molar-refractivity contribution is 0.403. The molecule has 0 spiro atoms. The maximum atomic E-state index is 4.75. The molecule has 0 radical (unpaired) electrons. The molecule has 5 rings (SSSR count). The molecular weight excluding hydrogens is 480 g/mol. The molecule has 2 N–H and O–H groups in total. The van der Waals surface area contributed by atoms with Crippen molar-refractivity contribution in [2.75, 3.05) is 31.3 Å². The fourth-order valence-electron chi connectivity index (χ4n) is 4.33. The van der Waals surface area contributed by atoms with Gasteiger partial charge in [0, 0.05) is 40.6 Å². The normalized spacial score (nSPS) is 12.2. The van der Waals surface area contributed by atoms with Crippen molar-refractivity contribution in [2.45, 2.75) is 33.0 Å². The lowest BCUT2D eigenvalue weighted by Crippen LogP contribution is -2.12. The molecule has 1 unspecified atom stereocenters. The van der Waals surface area contributed by atoms with Gasteiger partial charge in [-0.05, 0) is 63.3 Å². The summed E-state index contributed by atoms with van der Waals surface area (Å²) in [5.41, 5.74) is 3.45. The molecule has 0 aliphatic heterocycles. The van der Waals surface area contributed by atoms with Gasteiger partial charge in [0.25, 0.3) is 0 Å². The van der Waals surface area contributed by atoms with E-state index in [2.05, 4.69) is 88.0 Å². The van der Waals surface area contributed by atoms with E-state index < -0.39 is 0 Å². The number of thiophene rings is 1. The van der Waals surface area contributed by atoms with Crippen LogP contribution in [0.15, 0.2) is 67.1 Å². The lowest BCUT2D eigenvalue weighted by Gasteiger charge is -2.16. The van der Waals surface area contributed by atoms with Gasteiger partial charge in [0.05, 0.1) is 24.3 Å². The predicted molar refractivity (Wildman–Crippen MR) is 152 cm³/mol. The van der Waals surface area contributed by atoms with Gasteiger partial charge in [-0.1, -0.05) is 24.3 Å². The number of aromatic nitrogens is 5. The van der Waals surface area contributed by atoms with Gasteiger partial charge in [0.1, 0.15) is 17.5 Å². The fraction of sp³-hybridized carbons (Fsp3) is 0.286. The molecule has 5 aromatic rings. The Kier molecular flexibility index (Phi) is 7.43. The van der Waals surface area contributed by atoms with E-state index in [1.807, 2.05) is 41.3 Å². The third kappa shape index (κ3) is 5.95. The standard InChI is InChI=1S/C28H32N8S/c1-19(25-10-11-26(37-25)22-9-6-5-8-21(22)18-35(3)4)32-28-23-16-27(29-13-15-36-14-7-12-31-36)30-17-24(23)33-20(2)34-28/h5-12,14,16-17,19H,13,15,18H2,1-4H3,(H,29,30)(H,32,33,34). The third-order valence-electron chi connectivity index (χ3n) is 6.08. The van der Waals surface area contributed by atoms with Crippen molar-refractivity contribution in [1.82, 2.24) is 29.6 Å². The van der Waals surface area contributed by atoms with Gasteiger partial charge in [-0.2, -0.15) is 5.10 Å². The number of pyridine rings is 1. The topological polar surface area (TPSA) is 83.8 Å². The molecule has 0 bridgehead atoms. The van der Waals surface area contributed by atoms with Crippen molar-refractivity contribution in [1.29, 1.82) is 0 Å². The van der Waals surface area contributed by atoms with E-state index >= 15 is 0 Å². The van der Waals surface area contributed by atoms with Gasteiger partial charge in [-0.3, -0.25) is 4.68 Å². The Morgan fingerprint density at radius 3 is 2.76 bits per heavy atom. The Morgan fingerprint density at radius 2 is 1.95 bits per heavy atom. The lowest BCUT2D eigenvalue weighted by atomic mass is 10.1. The average Bonchev–Trinajstić information content (AvgIpc) is 3.57. The first-order valence-electron chi connectivity index (χ1n) is 12.4. The van der Waals surface area contributed by atoms with Crippen LogP contribution in [0.5, 0.6) is 0 Å². The number of benzene rings is 1. The monoisotopic (exact) mass is 512 g/mol. The van der Waals surface area contributed by atoms with Gasteiger partial charge < -0.3 is 15.5 Å². The first-order valence-corrected chi connectivity index (χ1v) is 13.2. The number of hydrogen-bond acceptors (Lipinski definition) is 8. The highest BCUT2D eigenvalue weighted by Crippen LogP contribution is 2.35. The highest BCUT2D eigenvalue weighted by Gasteiger charge is 2.15. The summed E-state index contributed by atoms with van der Waals surface area (Å²) in [7, 11) is 4.21. The van der Waals surface area contributed by atoms with Gasteiger partial charge in [0.2, 0.25) is 0 Å². The zero-order valence-electron chi connectivity index (χ0n) is 21.6. The molecule has 0 saturated carbocycles. The Hall–Kier alpha value is -3.82. The largest absolute Gasteiger partial charge is 0.368 e. The smallest absolute Gasteiger partial charge is 0.138 e. The summed E-state index contributed by atoms with van der Waals surface area (Å²) >= 11 is 1.82.